The van der Waals surface area contributed by atoms with Crippen LogP contribution in [0.2, 0.25) is 0 Å². The molecule has 1 atom stereocenters. The van der Waals surface area contributed by atoms with Crippen molar-refractivity contribution in [2.45, 2.75) is 17.9 Å². The lowest BCUT2D eigenvalue weighted by atomic mass is 10.1. The summed E-state index contributed by atoms with van der Waals surface area (Å²) in [6.45, 7) is 1.91. The fraction of sp³-hybridized carbons (Fsp3) is 0.111. The number of benzene rings is 2. The highest BCUT2D eigenvalue weighted by molar-refractivity contribution is 7.89. The van der Waals surface area contributed by atoms with E-state index >= 15 is 0 Å². The fourth-order valence-electron chi connectivity index (χ4n) is 2.12. The summed E-state index contributed by atoms with van der Waals surface area (Å²) in [5.41, 5.74) is 1.25. The number of nitrogens with zero attached hydrogens (tertiary/aromatic N) is 1. The van der Waals surface area contributed by atoms with Crippen molar-refractivity contribution >= 4 is 21.6 Å². The van der Waals surface area contributed by atoms with Gasteiger partial charge < -0.3 is 10.6 Å². The Morgan fingerprint density at radius 1 is 1.15 bits per heavy atom. The number of nitrogens with one attached hydrogen (secondary N) is 2. The Bertz CT molecular complexity index is 946. The van der Waals surface area contributed by atoms with E-state index in [0.29, 0.717) is 5.69 Å². The zero-order valence-electron chi connectivity index (χ0n) is 14.0. The van der Waals surface area contributed by atoms with Gasteiger partial charge in [0.2, 0.25) is 10.0 Å². The van der Waals surface area contributed by atoms with Crippen LogP contribution in [-0.4, -0.2) is 14.3 Å². The maximum Gasteiger partial charge on any atom is 0.267 e. The minimum absolute atomic E-state index is 0.0649. The average Bonchev–Trinajstić information content (AvgIpc) is 2.62. The molecular formula is C18H18N4O3S. The molecule has 0 aliphatic carbocycles. The van der Waals surface area contributed by atoms with Crippen molar-refractivity contribution in [3.63, 3.8) is 0 Å². The van der Waals surface area contributed by atoms with Crippen molar-refractivity contribution in [2.75, 3.05) is 5.32 Å². The minimum atomic E-state index is -3.80. The Morgan fingerprint density at radius 2 is 1.77 bits per heavy atom. The second-order valence-electron chi connectivity index (χ2n) is 5.49. The Balaban J connectivity index is 2.05. The topological polar surface area (TPSA) is 125 Å². The Hall–Kier alpha value is -3.15. The van der Waals surface area contributed by atoms with Crippen LogP contribution in [0.5, 0.6) is 0 Å². The number of hydrogen-bond acceptors (Lipinski definition) is 5. The molecule has 0 aliphatic rings. The number of carbonyl (C=O) groups is 1. The smallest absolute Gasteiger partial charge is 0.267 e. The molecule has 8 heteroatoms. The molecule has 0 aliphatic heterocycles. The van der Waals surface area contributed by atoms with Gasteiger partial charge in [-0.15, -0.1) is 0 Å². The molecule has 2 aromatic carbocycles. The highest BCUT2D eigenvalue weighted by Gasteiger charge is 2.12. The Morgan fingerprint density at radius 3 is 2.31 bits per heavy atom. The lowest BCUT2D eigenvalue weighted by Crippen LogP contribution is -2.18. The molecule has 26 heavy (non-hydrogen) atoms. The molecule has 0 aromatic heterocycles. The molecule has 0 spiro atoms. The number of rotatable bonds is 6. The molecule has 1 amide bonds. The van der Waals surface area contributed by atoms with Crippen molar-refractivity contribution in [1.82, 2.24) is 5.32 Å². The maximum atomic E-state index is 12.2. The lowest BCUT2D eigenvalue weighted by Gasteiger charge is -2.12. The third kappa shape index (κ3) is 5.17. The van der Waals surface area contributed by atoms with Crippen LogP contribution in [0.4, 0.5) is 5.69 Å². The standard InChI is InChI=1S/C18H18N4O3S/c1-13(14-5-3-2-4-6-14)21-12-15(11-19)18(23)22-16-7-9-17(10-8-16)26(20,24)25/h2-10,12-13,21H,1H3,(H,22,23)(H2,20,24,25)/b15-12-. The molecule has 0 fully saturated rings. The maximum absolute atomic E-state index is 12.2. The van der Waals surface area contributed by atoms with Gasteiger partial charge >= 0.3 is 0 Å². The molecule has 7 nitrogen and oxygen atoms in total. The monoisotopic (exact) mass is 370 g/mol. The Kier molecular flexibility index (Phi) is 6.11. The summed E-state index contributed by atoms with van der Waals surface area (Å²) < 4.78 is 22.4. The molecule has 0 saturated heterocycles. The fourth-order valence-corrected chi connectivity index (χ4v) is 2.64. The third-order valence-electron chi connectivity index (χ3n) is 3.58. The van der Waals surface area contributed by atoms with Gasteiger partial charge in [-0.2, -0.15) is 5.26 Å². The number of nitrogens with two attached hydrogens (primary N) is 1. The highest BCUT2D eigenvalue weighted by Crippen LogP contribution is 2.14. The largest absolute Gasteiger partial charge is 0.383 e. The molecule has 134 valence electrons. The first kappa shape index (κ1) is 19.2. The molecule has 4 N–H and O–H groups in total. The molecule has 2 aromatic rings. The van der Waals surface area contributed by atoms with Gasteiger partial charge in [-0.1, -0.05) is 30.3 Å². The highest BCUT2D eigenvalue weighted by atomic mass is 32.2. The summed E-state index contributed by atoms with van der Waals surface area (Å²) in [5.74, 6) is -0.608. The molecule has 1 unspecified atom stereocenters. The van der Waals surface area contributed by atoms with Gasteiger partial charge in [-0.25, -0.2) is 13.6 Å². The van der Waals surface area contributed by atoms with Gasteiger partial charge in [0.1, 0.15) is 11.6 Å². The van der Waals surface area contributed by atoms with E-state index in [9.17, 15) is 18.5 Å². The van der Waals surface area contributed by atoms with Crippen molar-refractivity contribution < 1.29 is 13.2 Å². The van der Waals surface area contributed by atoms with Crippen molar-refractivity contribution in [2.24, 2.45) is 5.14 Å². The summed E-state index contributed by atoms with van der Waals surface area (Å²) >= 11 is 0. The molecule has 0 radical (unpaired) electrons. The van der Waals surface area contributed by atoms with E-state index in [-0.39, 0.29) is 16.5 Å². The van der Waals surface area contributed by atoms with E-state index in [2.05, 4.69) is 10.6 Å². The van der Waals surface area contributed by atoms with Crippen LogP contribution >= 0.6 is 0 Å². The van der Waals surface area contributed by atoms with Gasteiger partial charge in [0.25, 0.3) is 5.91 Å². The third-order valence-corrected chi connectivity index (χ3v) is 4.51. The van der Waals surface area contributed by atoms with Crippen molar-refractivity contribution in [3.05, 3.63) is 71.9 Å². The molecule has 2 rings (SSSR count). The van der Waals surface area contributed by atoms with Gasteiger partial charge in [0, 0.05) is 17.9 Å². The summed E-state index contributed by atoms with van der Waals surface area (Å²) in [6.07, 6.45) is 1.35. The van der Waals surface area contributed by atoms with Crippen LogP contribution in [0.15, 0.2) is 71.3 Å². The lowest BCUT2D eigenvalue weighted by molar-refractivity contribution is -0.112. The van der Waals surface area contributed by atoms with Crippen LogP contribution in [0.1, 0.15) is 18.5 Å². The van der Waals surface area contributed by atoms with Crippen molar-refractivity contribution in [1.29, 1.82) is 5.26 Å². The second kappa shape index (κ2) is 8.29. The van der Waals surface area contributed by atoms with Gasteiger partial charge in [-0.05, 0) is 36.8 Å². The second-order valence-corrected chi connectivity index (χ2v) is 7.05. The van der Waals surface area contributed by atoms with Crippen molar-refractivity contribution in [3.8, 4) is 6.07 Å². The molecule has 0 heterocycles. The molecule has 0 saturated carbocycles. The van der Waals surface area contributed by atoms with Crippen LogP contribution in [0.25, 0.3) is 0 Å². The summed E-state index contributed by atoms with van der Waals surface area (Å²) in [7, 11) is -3.80. The predicted octanol–water partition coefficient (Wildman–Crippen LogP) is 2.03. The van der Waals surface area contributed by atoms with Crippen LogP contribution in [0, 0.1) is 11.3 Å². The quantitative estimate of drug-likeness (QED) is 0.530. The van der Waals surface area contributed by atoms with Gasteiger partial charge in [-0.3, -0.25) is 4.79 Å². The predicted molar refractivity (Wildman–Crippen MR) is 98.1 cm³/mol. The first-order valence-corrected chi connectivity index (χ1v) is 9.21. The van der Waals surface area contributed by atoms with E-state index in [1.165, 1.54) is 30.5 Å². The normalized spacial score (nSPS) is 12.7. The number of anilines is 1. The zero-order chi connectivity index (χ0) is 19.2. The summed E-state index contributed by atoms with van der Waals surface area (Å²) in [6, 6.07) is 16.7. The van der Waals surface area contributed by atoms with Crippen LogP contribution in [0.3, 0.4) is 0 Å². The van der Waals surface area contributed by atoms with E-state index in [4.69, 9.17) is 5.14 Å². The average molecular weight is 370 g/mol. The minimum Gasteiger partial charge on any atom is -0.383 e. The first-order valence-electron chi connectivity index (χ1n) is 7.66. The number of sulfonamides is 1. The van der Waals surface area contributed by atoms with Gasteiger partial charge in [0.15, 0.2) is 0 Å². The summed E-state index contributed by atoms with van der Waals surface area (Å²) in [5, 5.41) is 19.7. The van der Waals surface area contributed by atoms with E-state index < -0.39 is 15.9 Å². The first-order chi connectivity index (χ1) is 12.3. The Labute approximate surface area is 152 Å². The number of hydrogen-bond donors (Lipinski definition) is 3. The van der Waals surface area contributed by atoms with E-state index in [0.717, 1.165) is 5.56 Å². The zero-order valence-corrected chi connectivity index (χ0v) is 14.8. The van der Waals surface area contributed by atoms with E-state index in [1.54, 1.807) is 0 Å². The number of carbonyl (C=O) groups excluding carboxylic acids is 1. The molecular weight excluding hydrogens is 352 g/mol. The van der Waals surface area contributed by atoms with Gasteiger partial charge in [0.05, 0.1) is 4.90 Å². The number of primary sulfonamides is 1. The number of nitriles is 1. The molecule has 0 bridgehead atoms. The van der Waals surface area contributed by atoms with Crippen LogP contribution < -0.4 is 15.8 Å². The summed E-state index contributed by atoms with van der Waals surface area (Å²) in [4.78, 5) is 12.1. The van der Waals surface area contributed by atoms with E-state index in [1.807, 2.05) is 43.3 Å². The van der Waals surface area contributed by atoms with Crippen LogP contribution in [-0.2, 0) is 14.8 Å². The number of amides is 1. The SMILES string of the molecule is CC(N/C=C(/C#N)C(=O)Nc1ccc(S(N)(=O)=O)cc1)c1ccccc1.